The van der Waals surface area contributed by atoms with Gasteiger partial charge in [0.15, 0.2) is 5.78 Å². The summed E-state index contributed by atoms with van der Waals surface area (Å²) in [5, 5.41) is 10.6. The first-order chi connectivity index (χ1) is 19.6. The van der Waals surface area contributed by atoms with Gasteiger partial charge in [0.2, 0.25) is 23.6 Å². The molecule has 2 aromatic rings. The molecule has 1 aliphatic rings. The summed E-state index contributed by atoms with van der Waals surface area (Å²) >= 11 is 0. The van der Waals surface area contributed by atoms with Crippen LogP contribution < -0.4 is 21.3 Å². The molecular formula is C30H39N5O6. The van der Waals surface area contributed by atoms with Crippen molar-refractivity contribution in [2.45, 2.75) is 43.9 Å². The Labute approximate surface area is 240 Å². The van der Waals surface area contributed by atoms with Gasteiger partial charge in [-0.3, -0.25) is 24.0 Å². The van der Waals surface area contributed by atoms with Crippen molar-refractivity contribution in [3.63, 3.8) is 0 Å². The van der Waals surface area contributed by atoms with Gasteiger partial charge in [0, 0.05) is 6.42 Å². The van der Waals surface area contributed by atoms with Crippen molar-refractivity contribution in [3.05, 3.63) is 71.8 Å². The van der Waals surface area contributed by atoms with Gasteiger partial charge in [-0.1, -0.05) is 60.7 Å². The second kappa shape index (κ2) is 15.1. The number of hydrogen-bond donors (Lipinski definition) is 4. The number of carbonyl (C=O) groups excluding carboxylic acids is 5. The molecule has 2 aromatic carbocycles. The van der Waals surface area contributed by atoms with Gasteiger partial charge in [-0.05, 0) is 45.0 Å². The minimum absolute atomic E-state index is 0.111. The highest BCUT2D eigenvalue weighted by molar-refractivity contribution is 5.96. The van der Waals surface area contributed by atoms with Crippen LogP contribution in [0.4, 0.5) is 0 Å². The summed E-state index contributed by atoms with van der Waals surface area (Å²) in [4.78, 5) is 65.2. The fourth-order valence-corrected chi connectivity index (χ4v) is 4.09. The summed E-state index contributed by atoms with van der Waals surface area (Å²) < 4.78 is 5.13. The molecule has 1 saturated heterocycles. The van der Waals surface area contributed by atoms with Gasteiger partial charge in [0.05, 0.1) is 26.2 Å². The van der Waals surface area contributed by atoms with Crippen LogP contribution in [0, 0.1) is 0 Å². The molecule has 4 amide bonds. The number of nitrogens with zero attached hydrogens (tertiary/aromatic N) is 1. The van der Waals surface area contributed by atoms with Crippen LogP contribution >= 0.6 is 0 Å². The number of rotatable bonds is 16. The summed E-state index contributed by atoms with van der Waals surface area (Å²) in [5.41, 5.74) is 0.958. The Balaban J connectivity index is 1.59. The van der Waals surface area contributed by atoms with E-state index in [-0.39, 0.29) is 31.2 Å². The summed E-state index contributed by atoms with van der Waals surface area (Å²) in [6, 6.07) is 16.9. The minimum Gasteiger partial charge on any atom is -0.362 e. The van der Waals surface area contributed by atoms with E-state index in [2.05, 4.69) is 21.3 Å². The van der Waals surface area contributed by atoms with Crippen LogP contribution in [0.25, 0.3) is 0 Å². The average molecular weight is 566 g/mol. The van der Waals surface area contributed by atoms with Crippen LogP contribution in [0.1, 0.15) is 24.5 Å². The molecule has 0 bridgehead atoms. The van der Waals surface area contributed by atoms with Crippen molar-refractivity contribution in [1.29, 1.82) is 0 Å². The number of epoxide rings is 1. The van der Waals surface area contributed by atoms with E-state index < -0.39 is 42.0 Å². The van der Waals surface area contributed by atoms with Crippen molar-refractivity contribution in [2.24, 2.45) is 0 Å². The van der Waals surface area contributed by atoms with E-state index in [1.54, 1.807) is 25.9 Å². The normalized spacial score (nSPS) is 17.2. The quantitative estimate of drug-likeness (QED) is 0.209. The Kier molecular flexibility index (Phi) is 11.5. The predicted molar refractivity (Wildman–Crippen MR) is 153 cm³/mol. The fraction of sp³-hybridized carbons (Fsp3) is 0.433. The highest BCUT2D eigenvalue weighted by Gasteiger charge is 2.46. The number of ketones is 1. The van der Waals surface area contributed by atoms with Crippen LogP contribution in [0.2, 0.25) is 0 Å². The molecule has 1 aliphatic heterocycles. The standard InChI is InChI=1S/C30H39N5O6/c1-30(20-41-30)25(36)17-31-29(40)24(16-22-12-8-5-9-13-22)34-26(37)18-32-28(39)23(33-27(38)19-35(2)3)15-14-21-10-6-4-7-11-21/h4-13,23-24H,14-20H2,1-3H3,(H,31,40)(H,32,39)(H,33,38)(H,34,37)/t23-,24-,30+/m0/s1. The van der Waals surface area contributed by atoms with Gasteiger partial charge in [0.1, 0.15) is 17.7 Å². The maximum atomic E-state index is 13.0. The lowest BCUT2D eigenvalue weighted by Crippen LogP contribution is -2.54. The smallest absolute Gasteiger partial charge is 0.243 e. The van der Waals surface area contributed by atoms with Crippen molar-refractivity contribution in [3.8, 4) is 0 Å². The lowest BCUT2D eigenvalue weighted by atomic mass is 10.0. The van der Waals surface area contributed by atoms with E-state index in [0.717, 1.165) is 11.1 Å². The zero-order valence-corrected chi connectivity index (χ0v) is 23.8. The Morgan fingerprint density at radius 1 is 0.805 bits per heavy atom. The third kappa shape index (κ3) is 10.8. The average Bonchev–Trinajstić information content (AvgIpc) is 3.71. The Hall–Kier alpha value is -4.09. The third-order valence-electron chi connectivity index (χ3n) is 6.62. The fourth-order valence-electron chi connectivity index (χ4n) is 4.09. The number of nitrogens with one attached hydrogen (secondary N) is 4. The van der Waals surface area contributed by atoms with Gasteiger partial charge < -0.3 is 30.9 Å². The first kappa shape index (κ1) is 31.4. The van der Waals surface area contributed by atoms with Crippen molar-refractivity contribution in [2.75, 3.05) is 40.3 Å². The van der Waals surface area contributed by atoms with E-state index in [4.69, 9.17) is 4.74 Å². The van der Waals surface area contributed by atoms with Gasteiger partial charge in [-0.15, -0.1) is 0 Å². The zero-order valence-electron chi connectivity index (χ0n) is 23.8. The number of likely N-dealkylation sites (N-methyl/N-ethyl adjacent to an activating group) is 1. The maximum Gasteiger partial charge on any atom is 0.243 e. The number of carbonyl (C=O) groups is 5. The largest absolute Gasteiger partial charge is 0.362 e. The van der Waals surface area contributed by atoms with E-state index in [1.165, 1.54) is 0 Å². The Bertz CT molecular complexity index is 1200. The lowest BCUT2D eigenvalue weighted by Gasteiger charge is -2.21. The van der Waals surface area contributed by atoms with Crippen molar-refractivity contribution in [1.82, 2.24) is 26.2 Å². The lowest BCUT2D eigenvalue weighted by molar-refractivity contribution is -0.132. The number of ether oxygens (including phenoxy) is 1. The molecule has 0 radical (unpaired) electrons. The van der Waals surface area contributed by atoms with Crippen LogP contribution in [-0.2, 0) is 41.6 Å². The molecular weight excluding hydrogens is 526 g/mol. The van der Waals surface area contributed by atoms with E-state index in [9.17, 15) is 24.0 Å². The number of hydrogen-bond acceptors (Lipinski definition) is 7. The molecule has 0 aromatic heterocycles. The molecule has 0 aliphatic carbocycles. The number of Topliss-reactive ketones (excluding diaryl/α,β-unsaturated/α-hetero) is 1. The topological polar surface area (TPSA) is 149 Å². The molecule has 220 valence electrons. The summed E-state index contributed by atoms with van der Waals surface area (Å²) in [5.74, 6) is -2.17. The monoisotopic (exact) mass is 565 g/mol. The van der Waals surface area contributed by atoms with Crippen molar-refractivity contribution < 1.29 is 28.7 Å². The Morgan fingerprint density at radius 2 is 1.34 bits per heavy atom. The maximum absolute atomic E-state index is 13.0. The highest BCUT2D eigenvalue weighted by Crippen LogP contribution is 2.26. The summed E-state index contributed by atoms with van der Waals surface area (Å²) in [6.45, 7) is 1.47. The molecule has 3 atom stereocenters. The molecule has 3 rings (SSSR count). The van der Waals surface area contributed by atoms with Crippen LogP contribution in [0.15, 0.2) is 60.7 Å². The molecule has 41 heavy (non-hydrogen) atoms. The first-order valence-electron chi connectivity index (χ1n) is 13.6. The van der Waals surface area contributed by atoms with Gasteiger partial charge in [-0.25, -0.2) is 0 Å². The molecule has 1 heterocycles. The van der Waals surface area contributed by atoms with Gasteiger partial charge in [-0.2, -0.15) is 0 Å². The van der Waals surface area contributed by atoms with Gasteiger partial charge in [0.25, 0.3) is 0 Å². The molecule has 0 spiro atoms. The van der Waals surface area contributed by atoms with Crippen LogP contribution in [0.5, 0.6) is 0 Å². The number of benzene rings is 2. The predicted octanol–water partition coefficient (Wildman–Crippen LogP) is -0.0165. The minimum atomic E-state index is -0.976. The SMILES string of the molecule is CN(C)CC(=O)N[C@@H](CCc1ccccc1)C(=O)NCC(=O)N[C@@H](Cc1ccccc1)C(=O)NCC(=O)[C@@]1(C)CO1. The summed E-state index contributed by atoms with van der Waals surface area (Å²) in [7, 11) is 3.50. The first-order valence-corrected chi connectivity index (χ1v) is 13.6. The molecule has 11 nitrogen and oxygen atoms in total. The van der Waals surface area contributed by atoms with E-state index >= 15 is 0 Å². The van der Waals surface area contributed by atoms with Crippen LogP contribution in [0.3, 0.4) is 0 Å². The van der Waals surface area contributed by atoms with E-state index in [0.29, 0.717) is 19.4 Å². The second-order valence-corrected chi connectivity index (χ2v) is 10.6. The third-order valence-corrected chi connectivity index (χ3v) is 6.62. The number of aryl methyl sites for hydroxylation is 1. The second-order valence-electron chi connectivity index (χ2n) is 10.6. The van der Waals surface area contributed by atoms with Crippen molar-refractivity contribution >= 4 is 29.4 Å². The summed E-state index contributed by atoms with van der Waals surface area (Å²) in [6.07, 6.45) is 1.08. The molecule has 11 heteroatoms. The number of amides is 4. The van der Waals surface area contributed by atoms with Gasteiger partial charge >= 0.3 is 0 Å². The molecule has 1 fully saturated rings. The zero-order chi connectivity index (χ0) is 29.8. The van der Waals surface area contributed by atoms with Crippen LogP contribution in [-0.4, -0.2) is 92.3 Å². The van der Waals surface area contributed by atoms with E-state index in [1.807, 2.05) is 60.7 Å². The molecule has 0 unspecified atom stereocenters. The highest BCUT2D eigenvalue weighted by atomic mass is 16.6. The molecule has 0 saturated carbocycles. The Morgan fingerprint density at radius 3 is 1.93 bits per heavy atom. The molecule has 4 N–H and O–H groups in total.